The lowest BCUT2D eigenvalue weighted by Crippen LogP contribution is -2.39. The molecule has 2 fully saturated rings. The first-order valence-electron chi connectivity index (χ1n) is 6.53. The SMILES string of the molecule is CC1=N[C@@H](C)C(C)=C2C[C@H](N3CCOC3=O)CN12. The summed E-state index contributed by atoms with van der Waals surface area (Å²) >= 11 is 0. The van der Waals surface area contributed by atoms with Crippen LogP contribution in [0, 0.1) is 0 Å². The smallest absolute Gasteiger partial charge is 0.410 e. The Bertz CT molecular complexity index is 455. The van der Waals surface area contributed by atoms with Gasteiger partial charge < -0.3 is 9.64 Å². The molecule has 0 aromatic carbocycles. The van der Waals surface area contributed by atoms with E-state index in [0.717, 1.165) is 25.3 Å². The number of rotatable bonds is 1. The number of carbonyl (C=O) groups excluding carboxylic acids is 1. The minimum atomic E-state index is -0.166. The van der Waals surface area contributed by atoms with Crippen molar-refractivity contribution in [3.05, 3.63) is 11.3 Å². The fourth-order valence-corrected chi connectivity index (χ4v) is 3.05. The summed E-state index contributed by atoms with van der Waals surface area (Å²) in [6.07, 6.45) is 0.763. The van der Waals surface area contributed by atoms with Gasteiger partial charge in [-0.15, -0.1) is 0 Å². The molecule has 5 nitrogen and oxygen atoms in total. The quantitative estimate of drug-likeness (QED) is 0.709. The first kappa shape index (κ1) is 11.6. The first-order chi connectivity index (χ1) is 8.58. The van der Waals surface area contributed by atoms with Crippen molar-refractivity contribution in [1.82, 2.24) is 9.80 Å². The van der Waals surface area contributed by atoms with Gasteiger partial charge >= 0.3 is 6.09 Å². The number of hydrogen-bond donors (Lipinski definition) is 0. The average molecular weight is 249 g/mol. The molecule has 0 N–H and O–H groups in total. The van der Waals surface area contributed by atoms with Crippen molar-refractivity contribution in [2.45, 2.75) is 39.3 Å². The van der Waals surface area contributed by atoms with Crippen LogP contribution in [0.3, 0.4) is 0 Å². The van der Waals surface area contributed by atoms with Crippen LogP contribution in [0.1, 0.15) is 27.2 Å². The second kappa shape index (κ2) is 4.00. The molecular weight excluding hydrogens is 230 g/mol. The third-order valence-electron chi connectivity index (χ3n) is 4.23. The molecule has 3 aliphatic rings. The molecule has 0 saturated carbocycles. The number of aliphatic imine (C=N–C) groups is 1. The van der Waals surface area contributed by atoms with E-state index in [1.165, 1.54) is 11.3 Å². The van der Waals surface area contributed by atoms with Crippen molar-refractivity contribution >= 4 is 11.9 Å². The van der Waals surface area contributed by atoms with Gasteiger partial charge in [-0.2, -0.15) is 0 Å². The predicted molar refractivity (Wildman–Crippen MR) is 68.4 cm³/mol. The number of hydrogen-bond acceptors (Lipinski definition) is 4. The van der Waals surface area contributed by atoms with Gasteiger partial charge in [0.25, 0.3) is 0 Å². The third kappa shape index (κ3) is 1.61. The molecule has 1 amide bonds. The molecule has 0 bridgehead atoms. The highest BCUT2D eigenvalue weighted by molar-refractivity contribution is 5.84. The number of carbonyl (C=O) groups is 1. The van der Waals surface area contributed by atoms with Crippen molar-refractivity contribution in [2.24, 2.45) is 4.99 Å². The van der Waals surface area contributed by atoms with Crippen molar-refractivity contribution in [3.8, 4) is 0 Å². The lowest BCUT2D eigenvalue weighted by Gasteiger charge is -2.28. The molecule has 3 aliphatic heterocycles. The molecule has 18 heavy (non-hydrogen) atoms. The van der Waals surface area contributed by atoms with Gasteiger partial charge in [-0.05, 0) is 26.3 Å². The van der Waals surface area contributed by atoms with Gasteiger partial charge in [0.05, 0.1) is 18.6 Å². The summed E-state index contributed by atoms with van der Waals surface area (Å²) in [5, 5.41) is 0. The Morgan fingerprint density at radius 2 is 2.17 bits per heavy atom. The molecule has 2 atom stereocenters. The maximum atomic E-state index is 11.6. The third-order valence-corrected chi connectivity index (χ3v) is 4.23. The zero-order valence-corrected chi connectivity index (χ0v) is 11.1. The van der Waals surface area contributed by atoms with Crippen LogP contribution in [0.2, 0.25) is 0 Å². The van der Waals surface area contributed by atoms with E-state index in [9.17, 15) is 4.79 Å². The summed E-state index contributed by atoms with van der Waals surface area (Å²) in [4.78, 5) is 20.4. The maximum Gasteiger partial charge on any atom is 0.410 e. The Labute approximate surface area is 107 Å². The van der Waals surface area contributed by atoms with Crippen LogP contribution < -0.4 is 0 Å². The summed E-state index contributed by atoms with van der Waals surface area (Å²) in [5.41, 5.74) is 2.68. The Balaban J connectivity index is 1.85. The second-order valence-corrected chi connectivity index (χ2v) is 5.26. The number of amides is 1. The van der Waals surface area contributed by atoms with Gasteiger partial charge in [0.1, 0.15) is 12.4 Å². The van der Waals surface area contributed by atoms with Crippen molar-refractivity contribution in [3.63, 3.8) is 0 Å². The minimum Gasteiger partial charge on any atom is -0.448 e. The lowest BCUT2D eigenvalue weighted by atomic mass is 10.0. The van der Waals surface area contributed by atoms with E-state index in [0.29, 0.717) is 6.61 Å². The first-order valence-corrected chi connectivity index (χ1v) is 6.53. The number of cyclic esters (lactones) is 1. The van der Waals surface area contributed by atoms with E-state index in [4.69, 9.17) is 4.74 Å². The Morgan fingerprint density at radius 1 is 1.39 bits per heavy atom. The highest BCUT2D eigenvalue weighted by atomic mass is 16.6. The fraction of sp³-hybridized carbons (Fsp3) is 0.692. The van der Waals surface area contributed by atoms with E-state index in [2.05, 4.69) is 23.7 Å². The van der Waals surface area contributed by atoms with Crippen molar-refractivity contribution < 1.29 is 9.53 Å². The molecule has 0 unspecified atom stereocenters. The van der Waals surface area contributed by atoms with Crippen LogP contribution in [-0.2, 0) is 4.74 Å². The largest absolute Gasteiger partial charge is 0.448 e. The molecule has 0 radical (unpaired) electrons. The van der Waals surface area contributed by atoms with Gasteiger partial charge in [-0.3, -0.25) is 9.89 Å². The maximum absolute atomic E-state index is 11.6. The number of nitrogens with zero attached hydrogens (tertiary/aromatic N) is 3. The molecular formula is C13H19N3O2. The molecule has 0 aliphatic carbocycles. The highest BCUT2D eigenvalue weighted by Gasteiger charge is 2.39. The Kier molecular flexibility index (Phi) is 2.57. The van der Waals surface area contributed by atoms with Crippen LogP contribution in [0.5, 0.6) is 0 Å². The summed E-state index contributed by atoms with van der Waals surface area (Å²) < 4.78 is 5.03. The summed E-state index contributed by atoms with van der Waals surface area (Å²) in [6.45, 7) is 8.41. The predicted octanol–water partition coefficient (Wildman–Crippen LogP) is 1.61. The van der Waals surface area contributed by atoms with Crippen LogP contribution >= 0.6 is 0 Å². The van der Waals surface area contributed by atoms with Crippen molar-refractivity contribution in [2.75, 3.05) is 19.7 Å². The standard InChI is InChI=1S/C13H19N3O2/c1-8-9(2)14-10(3)16-7-11(6-12(8)16)15-4-5-18-13(15)17/h9,11H,4-7H2,1-3H3/t9-,11-/m0/s1. The Morgan fingerprint density at radius 3 is 2.83 bits per heavy atom. The summed E-state index contributed by atoms with van der Waals surface area (Å²) in [6, 6.07) is 0.501. The highest BCUT2D eigenvalue weighted by Crippen LogP contribution is 2.33. The summed E-state index contributed by atoms with van der Waals surface area (Å²) in [7, 11) is 0. The Hall–Kier alpha value is -1.52. The van der Waals surface area contributed by atoms with Crippen LogP contribution in [0.15, 0.2) is 16.3 Å². The van der Waals surface area contributed by atoms with E-state index in [1.807, 2.05) is 11.8 Å². The molecule has 3 rings (SSSR count). The molecule has 0 aromatic rings. The molecule has 0 spiro atoms. The number of amidine groups is 1. The van der Waals surface area contributed by atoms with Gasteiger partial charge in [-0.1, -0.05) is 0 Å². The topological polar surface area (TPSA) is 45.1 Å². The van der Waals surface area contributed by atoms with Gasteiger partial charge in [0.2, 0.25) is 0 Å². The van der Waals surface area contributed by atoms with Crippen LogP contribution in [0.4, 0.5) is 4.79 Å². The number of fused-ring (bicyclic) bond motifs is 1. The minimum absolute atomic E-state index is 0.166. The fourth-order valence-electron chi connectivity index (χ4n) is 3.05. The van der Waals surface area contributed by atoms with E-state index in [-0.39, 0.29) is 18.2 Å². The number of ether oxygens (including phenoxy) is 1. The van der Waals surface area contributed by atoms with Crippen molar-refractivity contribution in [1.29, 1.82) is 0 Å². The van der Waals surface area contributed by atoms with Gasteiger partial charge in [-0.25, -0.2) is 4.79 Å². The summed E-state index contributed by atoms with van der Waals surface area (Å²) in [5.74, 6) is 1.07. The zero-order chi connectivity index (χ0) is 12.9. The molecule has 5 heteroatoms. The van der Waals surface area contributed by atoms with Crippen LogP contribution in [-0.4, -0.2) is 53.5 Å². The monoisotopic (exact) mass is 249 g/mol. The normalized spacial score (nSPS) is 31.7. The molecule has 0 aromatic heterocycles. The lowest BCUT2D eigenvalue weighted by molar-refractivity contribution is 0.149. The van der Waals surface area contributed by atoms with E-state index in [1.54, 1.807) is 0 Å². The van der Waals surface area contributed by atoms with Gasteiger partial charge in [0.15, 0.2) is 0 Å². The average Bonchev–Trinajstić information content (AvgIpc) is 2.92. The van der Waals surface area contributed by atoms with E-state index < -0.39 is 0 Å². The van der Waals surface area contributed by atoms with Gasteiger partial charge in [0, 0.05) is 18.7 Å². The molecule has 2 saturated heterocycles. The van der Waals surface area contributed by atoms with E-state index >= 15 is 0 Å². The molecule has 98 valence electrons. The van der Waals surface area contributed by atoms with Crippen LogP contribution in [0.25, 0.3) is 0 Å². The second-order valence-electron chi connectivity index (χ2n) is 5.26. The zero-order valence-electron chi connectivity index (χ0n) is 11.1. The molecule has 3 heterocycles.